The van der Waals surface area contributed by atoms with Crippen molar-refractivity contribution in [2.75, 3.05) is 31.7 Å². The Morgan fingerprint density at radius 3 is 2.83 bits per heavy atom. The van der Waals surface area contributed by atoms with E-state index >= 15 is 0 Å². The number of carbonyl (C=O) groups excluding carboxylic acids is 1. The van der Waals surface area contributed by atoms with Gasteiger partial charge in [0.05, 0.1) is 24.8 Å². The molecule has 1 aromatic heterocycles. The van der Waals surface area contributed by atoms with Gasteiger partial charge in [0, 0.05) is 11.3 Å². The Balaban J connectivity index is 1.15. The first kappa shape index (κ1) is 21.3. The van der Waals surface area contributed by atoms with Crippen LogP contribution >= 0.6 is 0 Å². The van der Waals surface area contributed by atoms with Crippen LogP contribution in [0.2, 0.25) is 0 Å². The molecule has 6 rings (SSSR count). The monoisotopic (exact) mass is 476 g/mol. The lowest BCUT2D eigenvalue weighted by Gasteiger charge is -2.20. The third-order valence-corrected chi connectivity index (χ3v) is 6.09. The van der Waals surface area contributed by atoms with Gasteiger partial charge < -0.3 is 23.7 Å². The molecule has 1 amide bonds. The van der Waals surface area contributed by atoms with Crippen LogP contribution in [0.3, 0.4) is 0 Å². The van der Waals surface area contributed by atoms with Crippen molar-refractivity contribution in [1.29, 1.82) is 5.26 Å². The SMILES string of the molecule is N#Cc1cccc(NC(=O)O[C@@H]2CO[C@H]3[C@@H]2OC[C@@H]3n2nnnc2-c2ccc3c(c2)OCCO3)c1. The zero-order valence-corrected chi connectivity index (χ0v) is 18.4. The molecule has 0 bridgehead atoms. The van der Waals surface area contributed by atoms with Crippen LogP contribution in [0.25, 0.3) is 11.4 Å². The molecule has 0 aliphatic carbocycles. The highest BCUT2D eigenvalue weighted by atomic mass is 16.6. The Labute approximate surface area is 199 Å². The summed E-state index contributed by atoms with van der Waals surface area (Å²) in [4.78, 5) is 12.4. The molecule has 3 aromatic rings. The maximum Gasteiger partial charge on any atom is 0.412 e. The van der Waals surface area contributed by atoms with Crippen LogP contribution in [-0.4, -0.2) is 71.0 Å². The molecule has 2 saturated heterocycles. The zero-order chi connectivity index (χ0) is 23.8. The third kappa shape index (κ3) is 4.01. The molecule has 0 unspecified atom stereocenters. The summed E-state index contributed by atoms with van der Waals surface area (Å²) in [5.74, 6) is 1.86. The number of ether oxygens (including phenoxy) is 5. The van der Waals surface area contributed by atoms with Crippen molar-refractivity contribution in [3.63, 3.8) is 0 Å². The second-order valence-electron chi connectivity index (χ2n) is 8.23. The van der Waals surface area contributed by atoms with Crippen LogP contribution < -0.4 is 14.8 Å². The van der Waals surface area contributed by atoms with Crippen molar-refractivity contribution >= 4 is 11.8 Å². The number of carbonyl (C=O) groups is 1. The molecule has 1 N–H and O–H groups in total. The fraction of sp³-hybridized carbons (Fsp3) is 0.348. The van der Waals surface area contributed by atoms with E-state index in [0.29, 0.717) is 48.4 Å². The number of anilines is 1. The van der Waals surface area contributed by atoms with Gasteiger partial charge in [-0.3, -0.25) is 5.32 Å². The minimum absolute atomic E-state index is 0.180. The van der Waals surface area contributed by atoms with E-state index in [1.54, 1.807) is 28.9 Å². The highest BCUT2D eigenvalue weighted by Gasteiger charge is 2.51. The van der Waals surface area contributed by atoms with Crippen molar-refractivity contribution in [1.82, 2.24) is 20.2 Å². The number of hydrogen-bond acceptors (Lipinski definition) is 10. The predicted octanol–water partition coefficient (Wildman–Crippen LogP) is 1.94. The van der Waals surface area contributed by atoms with Crippen LogP contribution in [0.15, 0.2) is 42.5 Å². The fourth-order valence-corrected chi connectivity index (χ4v) is 4.50. The first-order chi connectivity index (χ1) is 17.2. The molecule has 12 heteroatoms. The van der Waals surface area contributed by atoms with Crippen molar-refractivity contribution in [2.24, 2.45) is 0 Å². The van der Waals surface area contributed by atoms with E-state index in [9.17, 15) is 4.79 Å². The van der Waals surface area contributed by atoms with Gasteiger partial charge in [0.25, 0.3) is 0 Å². The lowest BCUT2D eigenvalue weighted by Crippen LogP contribution is -2.35. The highest BCUT2D eigenvalue weighted by Crippen LogP contribution is 2.38. The summed E-state index contributed by atoms with van der Waals surface area (Å²) < 4.78 is 30.4. The zero-order valence-electron chi connectivity index (χ0n) is 18.4. The summed E-state index contributed by atoms with van der Waals surface area (Å²) in [5.41, 5.74) is 1.67. The average molecular weight is 476 g/mol. The number of rotatable bonds is 4. The average Bonchev–Trinajstić information content (AvgIpc) is 3.61. The predicted molar refractivity (Wildman–Crippen MR) is 118 cm³/mol. The van der Waals surface area contributed by atoms with Gasteiger partial charge >= 0.3 is 6.09 Å². The fourth-order valence-electron chi connectivity index (χ4n) is 4.50. The Bertz CT molecular complexity index is 1310. The Hall–Kier alpha value is -4.21. The van der Waals surface area contributed by atoms with E-state index in [0.717, 1.165) is 5.56 Å². The third-order valence-electron chi connectivity index (χ3n) is 6.09. The molecule has 3 aliphatic heterocycles. The first-order valence-electron chi connectivity index (χ1n) is 11.1. The second kappa shape index (κ2) is 8.86. The number of benzene rings is 2. The molecule has 178 valence electrons. The summed E-state index contributed by atoms with van der Waals surface area (Å²) in [6, 6.07) is 13.8. The number of amides is 1. The van der Waals surface area contributed by atoms with E-state index in [2.05, 4.69) is 20.8 Å². The van der Waals surface area contributed by atoms with Gasteiger partial charge in [0.2, 0.25) is 0 Å². The van der Waals surface area contributed by atoms with E-state index in [1.807, 2.05) is 24.3 Å². The van der Waals surface area contributed by atoms with Gasteiger partial charge in [0.1, 0.15) is 31.5 Å². The van der Waals surface area contributed by atoms with Crippen molar-refractivity contribution in [2.45, 2.75) is 24.4 Å². The normalized spacial score (nSPS) is 24.4. The summed E-state index contributed by atoms with van der Waals surface area (Å²) in [5, 5.41) is 23.9. The summed E-state index contributed by atoms with van der Waals surface area (Å²) >= 11 is 0. The summed E-state index contributed by atoms with van der Waals surface area (Å²) in [7, 11) is 0. The Morgan fingerprint density at radius 2 is 1.94 bits per heavy atom. The second-order valence-corrected chi connectivity index (χ2v) is 8.23. The minimum atomic E-state index is -0.652. The largest absolute Gasteiger partial charge is 0.486 e. The van der Waals surface area contributed by atoms with Gasteiger partial charge in [0.15, 0.2) is 23.4 Å². The number of tetrazole rings is 1. The van der Waals surface area contributed by atoms with E-state index in [1.165, 1.54) is 0 Å². The number of hydrogen-bond donors (Lipinski definition) is 1. The smallest absolute Gasteiger partial charge is 0.412 e. The molecule has 4 atom stereocenters. The Kier molecular flexibility index (Phi) is 5.40. The maximum atomic E-state index is 12.4. The molecule has 2 aromatic carbocycles. The topological polar surface area (TPSA) is 143 Å². The van der Waals surface area contributed by atoms with Crippen molar-refractivity contribution in [3.05, 3.63) is 48.0 Å². The number of nitriles is 1. The van der Waals surface area contributed by atoms with Crippen LogP contribution in [0.1, 0.15) is 11.6 Å². The molecule has 0 spiro atoms. The Morgan fingerprint density at radius 1 is 1.09 bits per heavy atom. The first-order valence-corrected chi connectivity index (χ1v) is 11.1. The number of nitrogens with zero attached hydrogens (tertiary/aromatic N) is 5. The molecular weight excluding hydrogens is 456 g/mol. The summed E-state index contributed by atoms with van der Waals surface area (Å²) in [6.45, 7) is 1.47. The highest BCUT2D eigenvalue weighted by molar-refractivity contribution is 5.85. The van der Waals surface area contributed by atoms with E-state index < -0.39 is 24.4 Å². The van der Waals surface area contributed by atoms with Gasteiger partial charge in [-0.05, 0) is 46.8 Å². The van der Waals surface area contributed by atoms with Crippen LogP contribution in [0.5, 0.6) is 11.5 Å². The maximum absolute atomic E-state index is 12.4. The van der Waals surface area contributed by atoms with Crippen molar-refractivity contribution in [3.8, 4) is 29.0 Å². The lowest BCUT2D eigenvalue weighted by molar-refractivity contribution is 0.00774. The van der Waals surface area contributed by atoms with Crippen molar-refractivity contribution < 1.29 is 28.5 Å². The quantitative estimate of drug-likeness (QED) is 0.593. The molecular formula is C23H20N6O6. The molecule has 3 aliphatic rings. The van der Waals surface area contributed by atoms with Crippen LogP contribution in [0, 0.1) is 11.3 Å². The summed E-state index contributed by atoms with van der Waals surface area (Å²) in [6.07, 6.45) is -2.11. The van der Waals surface area contributed by atoms with Gasteiger partial charge in [-0.15, -0.1) is 5.10 Å². The van der Waals surface area contributed by atoms with Gasteiger partial charge in [-0.1, -0.05) is 6.07 Å². The minimum Gasteiger partial charge on any atom is -0.486 e. The van der Waals surface area contributed by atoms with Crippen LogP contribution in [0.4, 0.5) is 10.5 Å². The number of nitrogens with one attached hydrogen (secondary N) is 1. The standard InChI is InChI=1S/C23H20N6O6/c24-10-13-2-1-3-15(8-13)25-23(30)35-19-12-34-20-16(11-33-21(19)20)29-22(26-27-28-29)14-4-5-17-18(9-14)32-7-6-31-17/h1-5,8-9,16,19-21H,6-7,11-12H2,(H,25,30)/t16-,19+,20+,21+/m0/s1. The van der Waals surface area contributed by atoms with Gasteiger partial charge in [-0.25, -0.2) is 9.48 Å². The molecule has 0 saturated carbocycles. The molecule has 12 nitrogen and oxygen atoms in total. The number of fused-ring (bicyclic) bond motifs is 2. The molecule has 0 radical (unpaired) electrons. The van der Waals surface area contributed by atoms with Crippen LogP contribution in [-0.2, 0) is 14.2 Å². The van der Waals surface area contributed by atoms with E-state index in [4.69, 9.17) is 28.9 Å². The molecule has 4 heterocycles. The molecule has 2 fully saturated rings. The molecule has 35 heavy (non-hydrogen) atoms. The lowest BCUT2D eigenvalue weighted by atomic mass is 10.1. The van der Waals surface area contributed by atoms with E-state index in [-0.39, 0.29) is 12.6 Å². The van der Waals surface area contributed by atoms with Gasteiger partial charge in [-0.2, -0.15) is 5.26 Å². The number of aromatic nitrogens is 4.